The van der Waals surface area contributed by atoms with Crippen molar-refractivity contribution >= 4 is 5.94 Å². The van der Waals surface area contributed by atoms with E-state index in [1.807, 2.05) is 6.92 Å². The summed E-state index contributed by atoms with van der Waals surface area (Å²) in [5, 5.41) is 0. The second-order valence-electron chi connectivity index (χ2n) is 2.42. The van der Waals surface area contributed by atoms with Crippen molar-refractivity contribution in [1.29, 1.82) is 0 Å². The molecule has 0 saturated carbocycles. The van der Waals surface area contributed by atoms with Crippen molar-refractivity contribution in [1.82, 2.24) is 0 Å². The fraction of sp³-hybridized carbons (Fsp3) is 0.750. The molecule has 0 N–H and O–H groups in total. The van der Waals surface area contributed by atoms with Crippen molar-refractivity contribution in [3.63, 3.8) is 0 Å². The van der Waals surface area contributed by atoms with Crippen molar-refractivity contribution in [2.24, 2.45) is 0 Å². The van der Waals surface area contributed by atoms with Crippen molar-refractivity contribution < 1.29 is 14.3 Å². The van der Waals surface area contributed by atoms with Gasteiger partial charge in [-0.3, -0.25) is 0 Å². The molecule has 0 aromatic heterocycles. The van der Waals surface area contributed by atoms with Crippen LogP contribution in [0.5, 0.6) is 0 Å². The molecule has 0 heterocycles. The summed E-state index contributed by atoms with van der Waals surface area (Å²) < 4.78 is 9.92. The van der Waals surface area contributed by atoms with Gasteiger partial charge in [0.2, 0.25) is 5.76 Å². The van der Waals surface area contributed by atoms with Gasteiger partial charge < -0.3 is 9.47 Å². The Morgan fingerprint density at radius 2 is 2.09 bits per heavy atom. The molecule has 0 saturated heterocycles. The molecule has 0 bridgehead atoms. The van der Waals surface area contributed by atoms with Gasteiger partial charge in [0.25, 0.3) is 0 Å². The summed E-state index contributed by atoms with van der Waals surface area (Å²) in [4.78, 5) is 10.3. The maximum Gasteiger partial charge on any atom is 0.211 e. The van der Waals surface area contributed by atoms with Gasteiger partial charge in [0.1, 0.15) is 5.60 Å². The zero-order chi connectivity index (χ0) is 8.91. The van der Waals surface area contributed by atoms with Crippen LogP contribution < -0.4 is 0 Å². The molecule has 0 aliphatic rings. The van der Waals surface area contributed by atoms with Crippen LogP contribution in [0.4, 0.5) is 0 Å². The van der Waals surface area contributed by atoms with Gasteiger partial charge in [-0.25, -0.2) is 4.79 Å². The molecule has 0 radical (unpaired) electrons. The Morgan fingerprint density at radius 1 is 1.55 bits per heavy atom. The third-order valence-electron chi connectivity index (χ3n) is 1.90. The van der Waals surface area contributed by atoms with E-state index in [1.54, 1.807) is 20.0 Å². The van der Waals surface area contributed by atoms with Gasteiger partial charge in [-0.1, -0.05) is 6.92 Å². The maximum atomic E-state index is 10.3. The third kappa shape index (κ3) is 2.07. The molecule has 11 heavy (non-hydrogen) atoms. The zero-order valence-corrected chi connectivity index (χ0v) is 7.43. The number of methoxy groups -OCH3 is 2. The molecule has 1 atom stereocenters. The molecule has 3 heteroatoms. The largest absolute Gasteiger partial charge is 0.488 e. The van der Waals surface area contributed by atoms with Gasteiger partial charge in [0.05, 0.1) is 7.11 Å². The van der Waals surface area contributed by atoms with Crippen LogP contribution in [0.15, 0.2) is 5.76 Å². The second-order valence-corrected chi connectivity index (χ2v) is 2.42. The standard InChI is InChI=1S/C8H14O3/c1-5-8(2,11-4)7(6-9)10-3/h5H2,1-4H3. The van der Waals surface area contributed by atoms with Gasteiger partial charge in [0.15, 0.2) is 5.94 Å². The van der Waals surface area contributed by atoms with Crippen LogP contribution in [0.25, 0.3) is 0 Å². The van der Waals surface area contributed by atoms with Gasteiger partial charge in [0, 0.05) is 7.11 Å². The molecular weight excluding hydrogens is 144 g/mol. The van der Waals surface area contributed by atoms with Gasteiger partial charge in [-0.2, -0.15) is 0 Å². The lowest BCUT2D eigenvalue weighted by Crippen LogP contribution is -2.30. The number of ether oxygens (including phenoxy) is 2. The van der Waals surface area contributed by atoms with E-state index in [4.69, 9.17) is 9.47 Å². The first kappa shape index (κ1) is 10.2. The maximum absolute atomic E-state index is 10.3. The minimum absolute atomic E-state index is 0.211. The highest BCUT2D eigenvalue weighted by molar-refractivity contribution is 5.52. The number of hydrogen-bond donors (Lipinski definition) is 0. The molecule has 0 rings (SSSR count). The van der Waals surface area contributed by atoms with Crippen molar-refractivity contribution in [3.05, 3.63) is 5.76 Å². The van der Waals surface area contributed by atoms with Gasteiger partial charge >= 0.3 is 0 Å². The Labute approximate surface area is 67.0 Å². The average molecular weight is 158 g/mol. The lowest BCUT2D eigenvalue weighted by Gasteiger charge is -2.25. The Kier molecular flexibility index (Phi) is 3.86. The summed E-state index contributed by atoms with van der Waals surface area (Å²) in [5.41, 5.74) is -0.628. The minimum Gasteiger partial charge on any atom is -0.488 e. The summed E-state index contributed by atoms with van der Waals surface area (Å²) in [5.74, 6) is 1.92. The van der Waals surface area contributed by atoms with E-state index in [0.29, 0.717) is 6.42 Å². The smallest absolute Gasteiger partial charge is 0.211 e. The number of rotatable bonds is 4. The van der Waals surface area contributed by atoms with E-state index in [9.17, 15) is 4.79 Å². The summed E-state index contributed by atoms with van der Waals surface area (Å²) >= 11 is 0. The van der Waals surface area contributed by atoms with Crippen molar-refractivity contribution in [3.8, 4) is 0 Å². The summed E-state index contributed by atoms with van der Waals surface area (Å²) in [6.07, 6.45) is 0.682. The Balaban J connectivity index is 4.60. The van der Waals surface area contributed by atoms with Crippen molar-refractivity contribution in [2.45, 2.75) is 25.9 Å². The highest BCUT2D eigenvalue weighted by Crippen LogP contribution is 2.22. The molecule has 0 spiro atoms. The Bertz CT molecular complexity index is 164. The minimum atomic E-state index is -0.628. The molecule has 0 fully saturated rings. The highest BCUT2D eigenvalue weighted by atomic mass is 16.5. The van der Waals surface area contributed by atoms with Crippen LogP contribution in [-0.4, -0.2) is 25.8 Å². The molecule has 0 aliphatic heterocycles. The van der Waals surface area contributed by atoms with E-state index < -0.39 is 5.60 Å². The predicted molar refractivity (Wildman–Crippen MR) is 41.9 cm³/mol. The molecule has 64 valence electrons. The molecule has 1 unspecified atom stereocenters. The lowest BCUT2D eigenvalue weighted by molar-refractivity contribution is -0.00518. The van der Waals surface area contributed by atoms with E-state index in [2.05, 4.69) is 0 Å². The van der Waals surface area contributed by atoms with Crippen LogP contribution in [0.1, 0.15) is 20.3 Å². The fourth-order valence-corrected chi connectivity index (χ4v) is 0.763. The Hall–Kier alpha value is -0.790. The van der Waals surface area contributed by atoms with Crippen molar-refractivity contribution in [2.75, 3.05) is 14.2 Å². The summed E-state index contributed by atoms with van der Waals surface area (Å²) in [6.45, 7) is 3.70. The van der Waals surface area contributed by atoms with Crippen LogP contribution in [0.3, 0.4) is 0 Å². The number of hydrogen-bond acceptors (Lipinski definition) is 3. The Morgan fingerprint density at radius 3 is 2.18 bits per heavy atom. The van der Waals surface area contributed by atoms with Gasteiger partial charge in [-0.15, -0.1) is 0 Å². The first-order valence-corrected chi connectivity index (χ1v) is 3.49. The highest BCUT2D eigenvalue weighted by Gasteiger charge is 2.28. The van der Waals surface area contributed by atoms with E-state index >= 15 is 0 Å². The molecule has 0 aliphatic carbocycles. The molecule has 0 amide bonds. The second kappa shape index (κ2) is 4.16. The molecular formula is C8H14O3. The third-order valence-corrected chi connectivity index (χ3v) is 1.90. The quantitative estimate of drug-likeness (QED) is 0.455. The van der Waals surface area contributed by atoms with Crippen LogP contribution in [0.2, 0.25) is 0 Å². The average Bonchev–Trinajstić information content (AvgIpc) is 2.06. The monoisotopic (exact) mass is 158 g/mol. The van der Waals surface area contributed by atoms with Crippen LogP contribution in [0, 0.1) is 0 Å². The van der Waals surface area contributed by atoms with E-state index in [1.165, 1.54) is 7.11 Å². The van der Waals surface area contributed by atoms with Crippen LogP contribution in [-0.2, 0) is 14.3 Å². The number of carbonyl (C=O) groups excluding carboxylic acids is 1. The molecule has 0 aromatic rings. The zero-order valence-electron chi connectivity index (χ0n) is 7.43. The first-order valence-electron chi connectivity index (χ1n) is 3.49. The van der Waals surface area contributed by atoms with E-state index in [-0.39, 0.29) is 5.76 Å². The summed E-state index contributed by atoms with van der Waals surface area (Å²) in [6, 6.07) is 0. The lowest BCUT2D eigenvalue weighted by atomic mass is 10.0. The normalized spacial score (nSPS) is 14.9. The first-order chi connectivity index (χ1) is 5.14. The predicted octanol–water partition coefficient (Wildman–Crippen LogP) is 1.16. The topological polar surface area (TPSA) is 35.5 Å². The van der Waals surface area contributed by atoms with Gasteiger partial charge in [-0.05, 0) is 13.3 Å². The van der Waals surface area contributed by atoms with E-state index in [0.717, 1.165) is 0 Å². The fourth-order valence-electron chi connectivity index (χ4n) is 0.763. The molecule has 3 nitrogen and oxygen atoms in total. The SMILES string of the molecule is CCC(C)(OC)C(=C=O)OC. The molecule has 0 aromatic carbocycles. The van der Waals surface area contributed by atoms with Crippen LogP contribution >= 0.6 is 0 Å². The summed E-state index contributed by atoms with van der Waals surface area (Å²) in [7, 11) is 2.98.